The van der Waals surface area contributed by atoms with Crippen LogP contribution in [0.25, 0.3) is 0 Å². The van der Waals surface area contributed by atoms with Crippen molar-refractivity contribution < 1.29 is 14.1 Å². The second kappa shape index (κ2) is 5.41. The summed E-state index contributed by atoms with van der Waals surface area (Å²) in [5.74, 6) is -0.482. The van der Waals surface area contributed by atoms with Crippen molar-refractivity contribution in [2.24, 2.45) is 0 Å². The highest BCUT2D eigenvalue weighted by atomic mass is 16.5. The third-order valence-corrected chi connectivity index (χ3v) is 2.38. The van der Waals surface area contributed by atoms with Crippen LogP contribution in [-0.2, 0) is 11.3 Å². The summed E-state index contributed by atoms with van der Waals surface area (Å²) < 4.78 is 4.83. The molecule has 0 bridgehead atoms. The third kappa shape index (κ3) is 2.72. The molecule has 1 atom stereocenters. The van der Waals surface area contributed by atoms with E-state index in [0.717, 1.165) is 0 Å². The molecule has 0 aliphatic carbocycles. The Labute approximate surface area is 103 Å². The predicted octanol–water partition coefficient (Wildman–Crippen LogP) is -1.43. The number of aromatic nitrogens is 2. The van der Waals surface area contributed by atoms with E-state index in [4.69, 9.17) is 4.52 Å². The van der Waals surface area contributed by atoms with Gasteiger partial charge in [0.2, 0.25) is 11.8 Å². The zero-order chi connectivity index (χ0) is 13.0. The Kier molecular flexibility index (Phi) is 3.68. The Balaban J connectivity index is 1.86. The summed E-state index contributed by atoms with van der Waals surface area (Å²) in [6.07, 6.45) is 3.65. The highest BCUT2D eigenvalue weighted by Gasteiger charge is 2.18. The molecule has 0 unspecified atom stereocenters. The highest BCUT2D eigenvalue weighted by Crippen LogP contribution is 1.99. The van der Waals surface area contributed by atoms with E-state index in [1.165, 1.54) is 7.05 Å². The zero-order valence-corrected chi connectivity index (χ0v) is 9.77. The van der Waals surface area contributed by atoms with Crippen LogP contribution in [0, 0.1) is 0 Å². The van der Waals surface area contributed by atoms with E-state index in [-0.39, 0.29) is 30.2 Å². The molecule has 0 spiro atoms. The topological polar surface area (TPSA) is 109 Å². The predicted molar refractivity (Wildman–Crippen MR) is 60.5 cm³/mol. The molecule has 2 heterocycles. The maximum atomic E-state index is 11.6. The van der Waals surface area contributed by atoms with Crippen molar-refractivity contribution in [1.82, 2.24) is 26.1 Å². The SMILES string of the molecule is CNC(=O)c1noc(CNC(=O)[C@@H]2C=CCN2)n1. The standard InChI is InChI=1S/C10H13N5O3/c1-11-10(17)8-14-7(18-15-8)5-13-9(16)6-3-2-4-12-6/h2-3,6,12H,4-5H2,1H3,(H,11,17)(H,13,16)/t6-/m0/s1. The maximum absolute atomic E-state index is 11.6. The Morgan fingerprint density at radius 2 is 2.44 bits per heavy atom. The van der Waals surface area contributed by atoms with Crippen molar-refractivity contribution in [1.29, 1.82) is 0 Å². The molecular weight excluding hydrogens is 238 g/mol. The lowest BCUT2D eigenvalue weighted by atomic mass is 10.3. The fourth-order valence-electron chi connectivity index (χ4n) is 1.45. The monoisotopic (exact) mass is 251 g/mol. The number of nitrogens with zero attached hydrogens (tertiary/aromatic N) is 2. The van der Waals surface area contributed by atoms with Crippen LogP contribution in [-0.4, -0.2) is 41.6 Å². The maximum Gasteiger partial charge on any atom is 0.292 e. The van der Waals surface area contributed by atoms with E-state index in [9.17, 15) is 9.59 Å². The van der Waals surface area contributed by atoms with Crippen LogP contribution >= 0.6 is 0 Å². The average molecular weight is 251 g/mol. The smallest absolute Gasteiger partial charge is 0.292 e. The van der Waals surface area contributed by atoms with Gasteiger partial charge in [-0.2, -0.15) is 4.98 Å². The zero-order valence-electron chi connectivity index (χ0n) is 9.77. The van der Waals surface area contributed by atoms with Gasteiger partial charge in [0, 0.05) is 13.6 Å². The van der Waals surface area contributed by atoms with E-state index in [1.807, 2.05) is 6.08 Å². The minimum absolute atomic E-state index is 0.0550. The first-order valence-electron chi connectivity index (χ1n) is 5.43. The number of rotatable bonds is 4. The number of hydrogen-bond acceptors (Lipinski definition) is 6. The molecule has 2 rings (SSSR count). The Bertz CT molecular complexity index is 482. The Morgan fingerprint density at radius 1 is 1.61 bits per heavy atom. The molecular formula is C10H13N5O3. The lowest BCUT2D eigenvalue weighted by Crippen LogP contribution is -2.40. The molecule has 8 heteroatoms. The van der Waals surface area contributed by atoms with Crippen LogP contribution in [0.5, 0.6) is 0 Å². The number of hydrogen-bond donors (Lipinski definition) is 3. The number of amides is 2. The van der Waals surface area contributed by atoms with Crippen LogP contribution in [0.3, 0.4) is 0 Å². The molecule has 0 saturated heterocycles. The molecule has 0 radical (unpaired) electrons. The second-order valence-electron chi connectivity index (χ2n) is 3.62. The van der Waals surface area contributed by atoms with Gasteiger partial charge in [0.15, 0.2) is 0 Å². The van der Waals surface area contributed by atoms with Gasteiger partial charge in [0.05, 0.1) is 6.54 Å². The van der Waals surface area contributed by atoms with Crippen molar-refractivity contribution in [3.05, 3.63) is 23.9 Å². The van der Waals surface area contributed by atoms with Gasteiger partial charge in [-0.05, 0) is 0 Å². The fraction of sp³-hybridized carbons (Fsp3) is 0.400. The van der Waals surface area contributed by atoms with E-state index >= 15 is 0 Å². The van der Waals surface area contributed by atoms with E-state index < -0.39 is 5.91 Å². The van der Waals surface area contributed by atoms with Crippen molar-refractivity contribution in [3.8, 4) is 0 Å². The molecule has 1 aliphatic rings. The van der Waals surface area contributed by atoms with Crippen LogP contribution in [0.15, 0.2) is 16.7 Å². The Morgan fingerprint density at radius 3 is 3.11 bits per heavy atom. The lowest BCUT2D eigenvalue weighted by molar-refractivity contribution is -0.122. The van der Waals surface area contributed by atoms with Crippen LogP contribution in [0.4, 0.5) is 0 Å². The summed E-state index contributed by atoms with van der Waals surface area (Å²) in [5, 5.41) is 11.5. The van der Waals surface area contributed by atoms with Gasteiger partial charge in [-0.1, -0.05) is 17.3 Å². The first kappa shape index (κ1) is 12.2. The molecule has 1 aliphatic heterocycles. The summed E-state index contributed by atoms with van der Waals surface area (Å²) in [6.45, 7) is 0.772. The number of nitrogens with one attached hydrogen (secondary N) is 3. The minimum Gasteiger partial charge on any atom is -0.352 e. The van der Waals surface area contributed by atoms with Crippen molar-refractivity contribution in [2.45, 2.75) is 12.6 Å². The molecule has 8 nitrogen and oxygen atoms in total. The fourth-order valence-corrected chi connectivity index (χ4v) is 1.45. The molecule has 0 fully saturated rings. The van der Waals surface area contributed by atoms with Crippen LogP contribution < -0.4 is 16.0 Å². The molecule has 18 heavy (non-hydrogen) atoms. The molecule has 3 N–H and O–H groups in total. The first-order chi connectivity index (χ1) is 8.70. The van der Waals surface area contributed by atoms with E-state index in [1.54, 1.807) is 6.08 Å². The summed E-state index contributed by atoms with van der Waals surface area (Å²) in [6, 6.07) is -0.327. The first-order valence-corrected chi connectivity index (χ1v) is 5.43. The van der Waals surface area contributed by atoms with E-state index in [2.05, 4.69) is 26.1 Å². The Hall–Kier alpha value is -2.22. The quantitative estimate of drug-likeness (QED) is 0.566. The van der Waals surface area contributed by atoms with Gasteiger partial charge in [-0.3, -0.25) is 14.9 Å². The van der Waals surface area contributed by atoms with Crippen LogP contribution in [0.2, 0.25) is 0 Å². The van der Waals surface area contributed by atoms with Crippen molar-refractivity contribution in [3.63, 3.8) is 0 Å². The normalized spacial score (nSPS) is 17.7. The van der Waals surface area contributed by atoms with E-state index in [0.29, 0.717) is 6.54 Å². The highest BCUT2D eigenvalue weighted by molar-refractivity contribution is 5.89. The van der Waals surface area contributed by atoms with Crippen LogP contribution in [0.1, 0.15) is 16.5 Å². The molecule has 0 saturated carbocycles. The number of carbonyl (C=O) groups is 2. The van der Waals surface area contributed by atoms with Gasteiger partial charge in [-0.25, -0.2) is 0 Å². The van der Waals surface area contributed by atoms with Crippen molar-refractivity contribution in [2.75, 3.05) is 13.6 Å². The summed E-state index contributed by atoms with van der Waals surface area (Å²) in [5.41, 5.74) is 0. The van der Waals surface area contributed by atoms with Gasteiger partial charge in [0.1, 0.15) is 6.04 Å². The third-order valence-electron chi connectivity index (χ3n) is 2.38. The van der Waals surface area contributed by atoms with Gasteiger partial charge < -0.3 is 15.2 Å². The average Bonchev–Trinajstić information content (AvgIpc) is 3.05. The number of carbonyl (C=O) groups excluding carboxylic acids is 2. The second-order valence-corrected chi connectivity index (χ2v) is 3.62. The molecule has 96 valence electrons. The molecule has 1 aromatic rings. The minimum atomic E-state index is -0.434. The van der Waals surface area contributed by atoms with Gasteiger partial charge in [-0.15, -0.1) is 0 Å². The molecule has 2 amide bonds. The molecule has 1 aromatic heterocycles. The lowest BCUT2D eigenvalue weighted by Gasteiger charge is -2.07. The summed E-state index contributed by atoms with van der Waals surface area (Å²) in [4.78, 5) is 26.6. The summed E-state index contributed by atoms with van der Waals surface area (Å²) in [7, 11) is 1.47. The van der Waals surface area contributed by atoms with Gasteiger partial charge in [0.25, 0.3) is 11.7 Å². The summed E-state index contributed by atoms with van der Waals surface area (Å²) >= 11 is 0. The molecule has 0 aromatic carbocycles. The van der Waals surface area contributed by atoms with Gasteiger partial charge >= 0.3 is 0 Å². The largest absolute Gasteiger partial charge is 0.352 e. The van der Waals surface area contributed by atoms with Crippen molar-refractivity contribution >= 4 is 11.8 Å².